The number of pyridine rings is 1. The third-order valence-electron chi connectivity index (χ3n) is 4.95. The number of aromatic nitrogens is 1. The van der Waals surface area contributed by atoms with E-state index in [0.29, 0.717) is 0 Å². The Labute approximate surface area is 122 Å². The minimum atomic E-state index is 0.734. The maximum absolute atomic E-state index is 4.21. The molecule has 0 amide bonds. The van der Waals surface area contributed by atoms with Gasteiger partial charge in [-0.3, -0.25) is 4.98 Å². The zero-order chi connectivity index (χ0) is 13.6. The number of hydrogen-bond acceptors (Lipinski definition) is 3. The van der Waals surface area contributed by atoms with E-state index < -0.39 is 0 Å². The van der Waals surface area contributed by atoms with E-state index in [0.717, 1.165) is 24.9 Å². The van der Waals surface area contributed by atoms with Crippen LogP contribution >= 0.6 is 0 Å². The standard InChI is InChI=1S/C17H27N3/c1-2-6-16(7-3-1)17-14-20(12-10-19-17)11-8-15-5-4-9-18-13-15/h4-5,9,13,16-17,19H,1-3,6-8,10-12,14H2. The van der Waals surface area contributed by atoms with Crippen LogP contribution < -0.4 is 5.32 Å². The van der Waals surface area contributed by atoms with E-state index in [-0.39, 0.29) is 0 Å². The van der Waals surface area contributed by atoms with Crippen LogP contribution in [0.3, 0.4) is 0 Å². The molecule has 1 aromatic heterocycles. The molecule has 3 rings (SSSR count). The van der Waals surface area contributed by atoms with Gasteiger partial charge in [0.05, 0.1) is 0 Å². The summed E-state index contributed by atoms with van der Waals surface area (Å²) in [5.41, 5.74) is 1.36. The molecule has 1 unspecified atom stereocenters. The second-order valence-electron chi connectivity index (χ2n) is 6.37. The topological polar surface area (TPSA) is 28.2 Å². The fraction of sp³-hybridized carbons (Fsp3) is 0.706. The highest BCUT2D eigenvalue weighted by molar-refractivity contribution is 5.08. The summed E-state index contributed by atoms with van der Waals surface area (Å²) in [5, 5.41) is 3.76. The van der Waals surface area contributed by atoms with Crippen molar-refractivity contribution in [1.82, 2.24) is 15.2 Å². The van der Waals surface area contributed by atoms with Crippen molar-refractivity contribution in [3.8, 4) is 0 Å². The van der Waals surface area contributed by atoms with Crippen LogP contribution in [0.4, 0.5) is 0 Å². The number of nitrogens with zero attached hydrogens (tertiary/aromatic N) is 2. The zero-order valence-corrected chi connectivity index (χ0v) is 12.4. The first-order chi connectivity index (χ1) is 9.92. The average Bonchev–Trinajstić information content (AvgIpc) is 2.55. The quantitative estimate of drug-likeness (QED) is 0.913. The molecule has 1 aliphatic carbocycles. The molecule has 1 atom stereocenters. The van der Waals surface area contributed by atoms with Crippen LogP contribution in [0.2, 0.25) is 0 Å². The van der Waals surface area contributed by atoms with Gasteiger partial charge in [0, 0.05) is 44.6 Å². The van der Waals surface area contributed by atoms with Crippen LogP contribution in [-0.4, -0.2) is 42.1 Å². The first kappa shape index (κ1) is 14.0. The molecule has 0 radical (unpaired) electrons. The number of piperazine rings is 1. The van der Waals surface area contributed by atoms with Gasteiger partial charge < -0.3 is 10.2 Å². The van der Waals surface area contributed by atoms with Gasteiger partial charge in [0.2, 0.25) is 0 Å². The molecule has 2 aliphatic rings. The summed E-state index contributed by atoms with van der Waals surface area (Å²) in [6.45, 7) is 4.78. The van der Waals surface area contributed by atoms with E-state index in [1.807, 2.05) is 18.5 Å². The van der Waals surface area contributed by atoms with Gasteiger partial charge in [-0.05, 0) is 36.8 Å². The summed E-state index contributed by atoms with van der Waals surface area (Å²) in [5.74, 6) is 0.921. The van der Waals surface area contributed by atoms with Gasteiger partial charge in [0.15, 0.2) is 0 Å². The van der Waals surface area contributed by atoms with E-state index in [4.69, 9.17) is 0 Å². The molecule has 0 bridgehead atoms. The van der Waals surface area contributed by atoms with Crippen LogP contribution in [0.1, 0.15) is 37.7 Å². The lowest BCUT2D eigenvalue weighted by Gasteiger charge is -2.39. The largest absolute Gasteiger partial charge is 0.311 e. The minimum Gasteiger partial charge on any atom is -0.311 e. The van der Waals surface area contributed by atoms with E-state index in [9.17, 15) is 0 Å². The van der Waals surface area contributed by atoms with Crippen molar-refractivity contribution < 1.29 is 0 Å². The first-order valence-electron chi connectivity index (χ1n) is 8.26. The van der Waals surface area contributed by atoms with Crippen molar-refractivity contribution >= 4 is 0 Å². The Morgan fingerprint density at radius 1 is 1.25 bits per heavy atom. The molecule has 1 aromatic rings. The van der Waals surface area contributed by atoms with Crippen molar-refractivity contribution in [3.05, 3.63) is 30.1 Å². The molecule has 3 heteroatoms. The predicted octanol–water partition coefficient (Wildman–Crippen LogP) is 2.48. The number of rotatable bonds is 4. The summed E-state index contributed by atoms with van der Waals surface area (Å²) in [7, 11) is 0. The van der Waals surface area contributed by atoms with Gasteiger partial charge in [0.25, 0.3) is 0 Å². The first-order valence-corrected chi connectivity index (χ1v) is 8.26. The SMILES string of the molecule is c1cncc(CCN2CCNC(C3CCCCC3)C2)c1. The number of nitrogens with one attached hydrogen (secondary N) is 1. The van der Waals surface area contributed by atoms with Gasteiger partial charge >= 0.3 is 0 Å². The molecule has 20 heavy (non-hydrogen) atoms. The molecule has 2 fully saturated rings. The van der Waals surface area contributed by atoms with Crippen LogP contribution in [0, 0.1) is 5.92 Å². The molecule has 0 aromatic carbocycles. The third-order valence-corrected chi connectivity index (χ3v) is 4.95. The van der Waals surface area contributed by atoms with Crippen molar-refractivity contribution in [2.75, 3.05) is 26.2 Å². The van der Waals surface area contributed by atoms with Gasteiger partial charge in [0.1, 0.15) is 0 Å². The van der Waals surface area contributed by atoms with Crippen LogP contribution in [-0.2, 0) is 6.42 Å². The lowest BCUT2D eigenvalue weighted by atomic mass is 9.83. The fourth-order valence-corrected chi connectivity index (χ4v) is 3.73. The lowest BCUT2D eigenvalue weighted by molar-refractivity contribution is 0.147. The Morgan fingerprint density at radius 2 is 2.15 bits per heavy atom. The van der Waals surface area contributed by atoms with Crippen molar-refractivity contribution in [3.63, 3.8) is 0 Å². The molecular formula is C17H27N3. The Hall–Kier alpha value is -0.930. The molecule has 3 nitrogen and oxygen atoms in total. The normalized spacial score (nSPS) is 25.7. The van der Waals surface area contributed by atoms with E-state index in [2.05, 4.69) is 21.3 Å². The maximum Gasteiger partial charge on any atom is 0.0300 e. The van der Waals surface area contributed by atoms with Crippen LogP contribution in [0.25, 0.3) is 0 Å². The van der Waals surface area contributed by atoms with E-state index in [1.165, 1.54) is 57.3 Å². The highest BCUT2D eigenvalue weighted by atomic mass is 15.2. The number of hydrogen-bond donors (Lipinski definition) is 1. The maximum atomic E-state index is 4.21. The fourth-order valence-electron chi connectivity index (χ4n) is 3.73. The minimum absolute atomic E-state index is 0.734. The molecular weight excluding hydrogens is 246 g/mol. The zero-order valence-electron chi connectivity index (χ0n) is 12.4. The van der Waals surface area contributed by atoms with Crippen LogP contribution in [0.5, 0.6) is 0 Å². The van der Waals surface area contributed by atoms with E-state index in [1.54, 1.807) is 0 Å². The van der Waals surface area contributed by atoms with Crippen molar-refractivity contribution in [1.29, 1.82) is 0 Å². The van der Waals surface area contributed by atoms with Gasteiger partial charge in [-0.25, -0.2) is 0 Å². The molecule has 2 heterocycles. The summed E-state index contributed by atoms with van der Waals surface area (Å²) < 4.78 is 0. The molecule has 0 spiro atoms. The summed E-state index contributed by atoms with van der Waals surface area (Å²) in [6, 6.07) is 4.96. The van der Waals surface area contributed by atoms with E-state index >= 15 is 0 Å². The predicted molar refractivity (Wildman–Crippen MR) is 82.7 cm³/mol. The van der Waals surface area contributed by atoms with Gasteiger partial charge in [-0.15, -0.1) is 0 Å². The smallest absolute Gasteiger partial charge is 0.0300 e. The molecule has 1 N–H and O–H groups in total. The third kappa shape index (κ3) is 3.80. The highest BCUT2D eigenvalue weighted by Gasteiger charge is 2.27. The summed E-state index contributed by atoms with van der Waals surface area (Å²) >= 11 is 0. The van der Waals surface area contributed by atoms with Crippen LogP contribution in [0.15, 0.2) is 24.5 Å². The van der Waals surface area contributed by atoms with Crippen molar-refractivity contribution in [2.24, 2.45) is 5.92 Å². The molecule has 110 valence electrons. The second kappa shape index (κ2) is 7.19. The Bertz CT molecular complexity index is 386. The highest BCUT2D eigenvalue weighted by Crippen LogP contribution is 2.27. The Kier molecular flexibility index (Phi) is 5.04. The molecule has 1 saturated carbocycles. The van der Waals surface area contributed by atoms with Gasteiger partial charge in [-0.2, -0.15) is 0 Å². The Morgan fingerprint density at radius 3 is 2.95 bits per heavy atom. The lowest BCUT2D eigenvalue weighted by Crippen LogP contribution is -2.54. The monoisotopic (exact) mass is 273 g/mol. The Balaban J connectivity index is 1.47. The average molecular weight is 273 g/mol. The summed E-state index contributed by atoms with van der Waals surface area (Å²) in [6.07, 6.45) is 12.2. The molecule has 1 saturated heterocycles. The van der Waals surface area contributed by atoms with Crippen molar-refractivity contribution in [2.45, 2.75) is 44.6 Å². The van der Waals surface area contributed by atoms with Gasteiger partial charge in [-0.1, -0.05) is 25.3 Å². The second-order valence-corrected chi connectivity index (χ2v) is 6.37. The molecule has 1 aliphatic heterocycles. The summed E-state index contributed by atoms with van der Waals surface area (Å²) in [4.78, 5) is 6.85.